The molecule has 0 bridgehead atoms. The Hall–Kier alpha value is -1.59. The molecule has 0 saturated heterocycles. The van der Waals surface area contributed by atoms with E-state index in [0.717, 1.165) is 17.1 Å². The fourth-order valence-corrected chi connectivity index (χ4v) is 2.59. The molecule has 0 saturated carbocycles. The van der Waals surface area contributed by atoms with E-state index in [1.165, 1.54) is 0 Å². The molecule has 1 aromatic heterocycles. The molecule has 1 atom stereocenters. The number of hydrogen-bond acceptors (Lipinski definition) is 4. The average Bonchev–Trinajstić information content (AvgIpc) is 2.87. The number of aromatic nitrogens is 1. The van der Waals surface area contributed by atoms with Crippen LogP contribution in [0, 0.1) is 6.92 Å². The van der Waals surface area contributed by atoms with E-state index in [1.54, 1.807) is 30.4 Å². The lowest BCUT2D eigenvalue weighted by Gasteiger charge is -2.15. The summed E-state index contributed by atoms with van der Waals surface area (Å²) in [6.07, 6.45) is 0.122. The van der Waals surface area contributed by atoms with Crippen molar-refractivity contribution in [2.24, 2.45) is 0 Å². The summed E-state index contributed by atoms with van der Waals surface area (Å²) in [5.41, 5.74) is 0.998. The lowest BCUT2D eigenvalue weighted by molar-refractivity contribution is -0.127. The zero-order valence-electron chi connectivity index (χ0n) is 11.9. The maximum Gasteiger partial charge on any atom is 0.260 e. The molecule has 0 fully saturated rings. The highest BCUT2D eigenvalue weighted by Gasteiger charge is 2.15. The first-order valence-electron chi connectivity index (χ1n) is 6.66. The van der Waals surface area contributed by atoms with E-state index in [4.69, 9.17) is 16.3 Å². The van der Waals surface area contributed by atoms with Crippen molar-refractivity contribution in [2.75, 3.05) is 6.54 Å². The molecule has 1 aromatic carbocycles. The Morgan fingerprint density at radius 3 is 2.90 bits per heavy atom. The van der Waals surface area contributed by atoms with E-state index in [2.05, 4.69) is 10.3 Å². The molecule has 112 valence electrons. The number of rotatable bonds is 6. The number of carbonyl (C=O) groups is 1. The standard InChI is InChI=1S/C15H17ClN2O2S/c1-10(20-14-6-4-3-5-13(14)16)15(19)17-8-7-12-9-21-11(2)18-12/h3-6,9-10H,7-8H2,1-2H3,(H,17,19)/t10-/m0/s1. The normalized spacial score (nSPS) is 12.0. The Kier molecular flexibility index (Phi) is 5.59. The summed E-state index contributed by atoms with van der Waals surface area (Å²) in [5, 5.41) is 6.37. The van der Waals surface area contributed by atoms with Crippen LogP contribution in [0.1, 0.15) is 17.6 Å². The number of benzene rings is 1. The first kappa shape index (κ1) is 15.8. The molecule has 0 radical (unpaired) electrons. The molecule has 6 heteroatoms. The van der Waals surface area contributed by atoms with Crippen LogP contribution in [-0.4, -0.2) is 23.5 Å². The molecule has 0 spiro atoms. The molecule has 1 amide bonds. The predicted octanol–water partition coefficient (Wildman–Crippen LogP) is 3.23. The van der Waals surface area contributed by atoms with Gasteiger partial charge in [0.2, 0.25) is 0 Å². The van der Waals surface area contributed by atoms with Crippen molar-refractivity contribution in [1.82, 2.24) is 10.3 Å². The van der Waals surface area contributed by atoms with Gasteiger partial charge in [0, 0.05) is 18.3 Å². The number of carbonyl (C=O) groups excluding carboxylic acids is 1. The van der Waals surface area contributed by atoms with Gasteiger partial charge in [-0.2, -0.15) is 0 Å². The number of halogens is 1. The zero-order valence-corrected chi connectivity index (χ0v) is 13.5. The highest BCUT2D eigenvalue weighted by Crippen LogP contribution is 2.24. The van der Waals surface area contributed by atoms with Crippen LogP contribution in [0.4, 0.5) is 0 Å². The van der Waals surface area contributed by atoms with Crippen molar-refractivity contribution in [3.05, 3.63) is 45.4 Å². The summed E-state index contributed by atoms with van der Waals surface area (Å²) in [7, 11) is 0. The van der Waals surface area contributed by atoms with E-state index in [9.17, 15) is 4.79 Å². The zero-order chi connectivity index (χ0) is 15.2. The number of aryl methyl sites for hydroxylation is 1. The van der Waals surface area contributed by atoms with Gasteiger partial charge in [0.15, 0.2) is 6.10 Å². The van der Waals surface area contributed by atoms with Gasteiger partial charge in [0.1, 0.15) is 5.75 Å². The highest BCUT2D eigenvalue weighted by molar-refractivity contribution is 7.09. The Morgan fingerprint density at radius 1 is 1.48 bits per heavy atom. The van der Waals surface area contributed by atoms with Crippen LogP contribution in [0.2, 0.25) is 5.02 Å². The number of nitrogens with zero attached hydrogens (tertiary/aromatic N) is 1. The highest BCUT2D eigenvalue weighted by atomic mass is 35.5. The van der Waals surface area contributed by atoms with Crippen molar-refractivity contribution in [1.29, 1.82) is 0 Å². The largest absolute Gasteiger partial charge is 0.479 e. The monoisotopic (exact) mass is 324 g/mol. The predicted molar refractivity (Wildman–Crippen MR) is 85.1 cm³/mol. The molecule has 0 aliphatic rings. The quantitative estimate of drug-likeness (QED) is 0.887. The van der Waals surface area contributed by atoms with Crippen LogP contribution in [0.15, 0.2) is 29.6 Å². The Balaban J connectivity index is 1.79. The number of ether oxygens (including phenoxy) is 1. The molecular weight excluding hydrogens is 308 g/mol. The van der Waals surface area contributed by atoms with Crippen molar-refractivity contribution < 1.29 is 9.53 Å². The van der Waals surface area contributed by atoms with Gasteiger partial charge in [-0.15, -0.1) is 11.3 Å². The lowest BCUT2D eigenvalue weighted by Crippen LogP contribution is -2.37. The van der Waals surface area contributed by atoms with Crippen LogP contribution in [0.5, 0.6) is 5.75 Å². The van der Waals surface area contributed by atoms with E-state index in [-0.39, 0.29) is 5.91 Å². The number of amides is 1. The van der Waals surface area contributed by atoms with E-state index < -0.39 is 6.10 Å². The van der Waals surface area contributed by atoms with E-state index in [1.807, 2.05) is 24.4 Å². The minimum Gasteiger partial charge on any atom is -0.479 e. The van der Waals surface area contributed by atoms with E-state index in [0.29, 0.717) is 17.3 Å². The van der Waals surface area contributed by atoms with Crippen molar-refractivity contribution in [3.63, 3.8) is 0 Å². The first-order valence-corrected chi connectivity index (χ1v) is 7.92. The summed E-state index contributed by atoms with van der Waals surface area (Å²) in [4.78, 5) is 16.3. The number of hydrogen-bond donors (Lipinski definition) is 1. The van der Waals surface area contributed by atoms with Gasteiger partial charge >= 0.3 is 0 Å². The van der Waals surface area contributed by atoms with Crippen molar-refractivity contribution >= 4 is 28.8 Å². The third-order valence-electron chi connectivity index (χ3n) is 2.86. The average molecular weight is 325 g/mol. The number of nitrogens with one attached hydrogen (secondary N) is 1. The third-order valence-corrected chi connectivity index (χ3v) is 3.99. The fraction of sp³-hybridized carbons (Fsp3) is 0.333. The SMILES string of the molecule is Cc1nc(CCNC(=O)[C@H](C)Oc2ccccc2Cl)cs1. The molecular formula is C15H17ClN2O2S. The molecule has 0 aliphatic heterocycles. The fourth-order valence-electron chi connectivity index (χ4n) is 1.76. The third kappa shape index (κ3) is 4.72. The van der Waals surface area contributed by atoms with Gasteiger partial charge < -0.3 is 10.1 Å². The van der Waals surface area contributed by atoms with Crippen LogP contribution < -0.4 is 10.1 Å². The van der Waals surface area contributed by atoms with Crippen LogP contribution in [-0.2, 0) is 11.2 Å². The maximum atomic E-state index is 12.0. The van der Waals surface area contributed by atoms with Crippen LogP contribution in [0.25, 0.3) is 0 Å². The lowest BCUT2D eigenvalue weighted by atomic mass is 10.3. The van der Waals surface area contributed by atoms with E-state index >= 15 is 0 Å². The molecule has 0 unspecified atom stereocenters. The Labute approximate surface area is 133 Å². The van der Waals surface area contributed by atoms with Gasteiger partial charge in [0.25, 0.3) is 5.91 Å². The molecule has 21 heavy (non-hydrogen) atoms. The molecule has 1 N–H and O–H groups in total. The molecule has 2 rings (SSSR count). The molecule has 0 aliphatic carbocycles. The van der Waals surface area contributed by atoms with Gasteiger partial charge in [-0.1, -0.05) is 23.7 Å². The summed E-state index contributed by atoms with van der Waals surface area (Å²) in [6, 6.07) is 7.10. The topological polar surface area (TPSA) is 51.2 Å². The summed E-state index contributed by atoms with van der Waals surface area (Å²) >= 11 is 7.61. The first-order chi connectivity index (χ1) is 10.1. The summed E-state index contributed by atoms with van der Waals surface area (Å²) < 4.78 is 5.56. The second-order valence-corrected chi connectivity index (χ2v) is 6.06. The number of thiazole rings is 1. The molecule has 1 heterocycles. The summed E-state index contributed by atoms with van der Waals surface area (Å²) in [5.74, 6) is 0.346. The Bertz CT molecular complexity index is 615. The van der Waals surface area contributed by atoms with Gasteiger partial charge in [-0.3, -0.25) is 4.79 Å². The van der Waals surface area contributed by atoms with Gasteiger partial charge in [0.05, 0.1) is 15.7 Å². The Morgan fingerprint density at radius 2 is 2.24 bits per heavy atom. The van der Waals surface area contributed by atoms with Crippen LogP contribution >= 0.6 is 22.9 Å². The van der Waals surface area contributed by atoms with Crippen molar-refractivity contribution in [2.45, 2.75) is 26.4 Å². The second kappa shape index (κ2) is 7.43. The minimum atomic E-state index is -0.595. The molecule has 2 aromatic rings. The van der Waals surface area contributed by atoms with Gasteiger partial charge in [-0.25, -0.2) is 4.98 Å². The smallest absolute Gasteiger partial charge is 0.260 e. The minimum absolute atomic E-state index is 0.165. The second-order valence-electron chi connectivity index (χ2n) is 4.59. The molecule has 4 nitrogen and oxygen atoms in total. The van der Waals surface area contributed by atoms with Crippen LogP contribution in [0.3, 0.4) is 0 Å². The van der Waals surface area contributed by atoms with Gasteiger partial charge in [-0.05, 0) is 26.0 Å². The summed E-state index contributed by atoms with van der Waals surface area (Å²) in [6.45, 7) is 4.20. The number of para-hydroxylation sites is 1. The van der Waals surface area contributed by atoms with Crippen molar-refractivity contribution in [3.8, 4) is 5.75 Å². The maximum absolute atomic E-state index is 12.0.